The molecule has 17 heavy (non-hydrogen) atoms. The fraction of sp³-hybridized carbons (Fsp3) is 0.385. The van der Waals surface area contributed by atoms with Crippen molar-refractivity contribution in [1.82, 2.24) is 4.90 Å². The summed E-state index contributed by atoms with van der Waals surface area (Å²) in [7, 11) is 1.87. The van der Waals surface area contributed by atoms with Crippen LogP contribution in [0.4, 0.5) is 4.39 Å². The maximum absolute atomic E-state index is 13.2. The highest BCUT2D eigenvalue weighted by atomic mass is 19.1. The van der Waals surface area contributed by atoms with Crippen molar-refractivity contribution >= 4 is 0 Å². The third-order valence-electron chi connectivity index (χ3n) is 2.66. The van der Waals surface area contributed by atoms with E-state index in [-0.39, 0.29) is 6.04 Å². The van der Waals surface area contributed by atoms with Crippen LogP contribution in [0.3, 0.4) is 0 Å². The van der Waals surface area contributed by atoms with Gasteiger partial charge in [-0.3, -0.25) is 4.90 Å². The average molecular weight is 231 g/mol. The van der Waals surface area contributed by atoms with Gasteiger partial charge in [0.05, 0.1) is 24.1 Å². The zero-order chi connectivity index (χ0) is 12.8. The monoisotopic (exact) mass is 231 g/mol. The second-order valence-corrected chi connectivity index (χ2v) is 4.09. The van der Waals surface area contributed by atoms with Crippen LogP contribution in [0.5, 0.6) is 0 Å². The maximum Gasteiger partial charge on any atom is 0.124 e. The molecule has 1 aromatic carbocycles. The number of rotatable bonds is 4. The fourth-order valence-electron chi connectivity index (χ4n) is 1.54. The molecule has 0 aliphatic rings. The van der Waals surface area contributed by atoms with Gasteiger partial charge in [-0.15, -0.1) is 0 Å². The molecule has 0 radical (unpaired) electrons. The van der Waals surface area contributed by atoms with Crippen LogP contribution in [0.2, 0.25) is 0 Å². The van der Waals surface area contributed by atoms with Gasteiger partial charge in [0.15, 0.2) is 0 Å². The number of benzene rings is 1. The molecular weight excluding hydrogens is 217 g/mol. The summed E-state index contributed by atoms with van der Waals surface area (Å²) in [4.78, 5) is 1.96. The summed E-state index contributed by atoms with van der Waals surface area (Å²) < 4.78 is 13.2. The zero-order valence-corrected chi connectivity index (χ0v) is 9.94. The third-order valence-corrected chi connectivity index (χ3v) is 2.66. The van der Waals surface area contributed by atoms with Crippen molar-refractivity contribution in [1.29, 1.82) is 10.5 Å². The van der Waals surface area contributed by atoms with Crippen molar-refractivity contribution in [3.63, 3.8) is 0 Å². The van der Waals surface area contributed by atoms with E-state index < -0.39 is 5.82 Å². The van der Waals surface area contributed by atoms with Gasteiger partial charge < -0.3 is 0 Å². The van der Waals surface area contributed by atoms with E-state index in [1.165, 1.54) is 12.1 Å². The summed E-state index contributed by atoms with van der Waals surface area (Å²) in [5, 5.41) is 17.3. The molecule has 4 heteroatoms. The highest BCUT2D eigenvalue weighted by Crippen LogP contribution is 2.12. The molecule has 0 saturated heterocycles. The highest BCUT2D eigenvalue weighted by molar-refractivity contribution is 5.33. The van der Waals surface area contributed by atoms with E-state index in [0.717, 1.165) is 5.56 Å². The second-order valence-electron chi connectivity index (χ2n) is 4.09. The van der Waals surface area contributed by atoms with Gasteiger partial charge in [-0.1, -0.05) is 0 Å². The molecular formula is C13H14FN3. The molecule has 0 heterocycles. The minimum atomic E-state index is -0.402. The van der Waals surface area contributed by atoms with Crippen molar-refractivity contribution in [3.8, 4) is 12.1 Å². The second kappa shape index (κ2) is 5.98. The van der Waals surface area contributed by atoms with Crippen LogP contribution in [0, 0.1) is 28.5 Å². The standard InChI is InChI=1S/C13H14FN3/c1-10(3-4-15)17(2)9-12-5-11(8-16)6-13(14)7-12/h5-7,10H,3,9H2,1-2H3. The lowest BCUT2D eigenvalue weighted by molar-refractivity contribution is 0.252. The molecule has 0 aromatic heterocycles. The Kier molecular flexibility index (Phi) is 4.63. The Bertz CT molecular complexity index is 471. The van der Waals surface area contributed by atoms with Gasteiger partial charge in [-0.2, -0.15) is 10.5 Å². The smallest absolute Gasteiger partial charge is 0.124 e. The Morgan fingerprint density at radius 1 is 1.35 bits per heavy atom. The van der Waals surface area contributed by atoms with Crippen LogP contribution in [0.25, 0.3) is 0 Å². The first kappa shape index (κ1) is 13.2. The maximum atomic E-state index is 13.2. The Morgan fingerprint density at radius 2 is 2.06 bits per heavy atom. The number of hydrogen-bond donors (Lipinski definition) is 0. The Labute approximate surface area is 101 Å². The van der Waals surface area contributed by atoms with E-state index >= 15 is 0 Å². The summed E-state index contributed by atoms with van der Waals surface area (Å²) in [6.07, 6.45) is 0.428. The van der Waals surface area contributed by atoms with Gasteiger partial charge in [0.1, 0.15) is 5.82 Å². The number of nitrogens with zero attached hydrogens (tertiary/aromatic N) is 3. The molecule has 0 saturated carbocycles. The fourth-order valence-corrected chi connectivity index (χ4v) is 1.54. The van der Waals surface area contributed by atoms with E-state index in [1.807, 2.05) is 24.9 Å². The predicted molar refractivity (Wildman–Crippen MR) is 62.3 cm³/mol. The lowest BCUT2D eigenvalue weighted by Crippen LogP contribution is -2.28. The Morgan fingerprint density at radius 3 is 2.65 bits per heavy atom. The van der Waals surface area contributed by atoms with E-state index in [4.69, 9.17) is 10.5 Å². The van der Waals surface area contributed by atoms with Gasteiger partial charge in [0.25, 0.3) is 0 Å². The van der Waals surface area contributed by atoms with Crippen molar-refractivity contribution in [2.24, 2.45) is 0 Å². The summed E-state index contributed by atoms with van der Waals surface area (Å²) in [6, 6.07) is 8.42. The molecule has 0 aliphatic heterocycles. The summed E-state index contributed by atoms with van der Waals surface area (Å²) in [6.45, 7) is 2.46. The van der Waals surface area contributed by atoms with E-state index in [2.05, 4.69) is 6.07 Å². The summed E-state index contributed by atoms with van der Waals surface area (Å²) in [5.74, 6) is -0.402. The molecule has 3 nitrogen and oxygen atoms in total. The van der Waals surface area contributed by atoms with Crippen LogP contribution in [-0.2, 0) is 6.54 Å². The summed E-state index contributed by atoms with van der Waals surface area (Å²) in [5.41, 5.74) is 1.06. The van der Waals surface area contributed by atoms with Gasteiger partial charge in [-0.05, 0) is 37.7 Å². The van der Waals surface area contributed by atoms with Crippen molar-refractivity contribution in [2.45, 2.75) is 25.9 Å². The molecule has 1 atom stereocenters. The molecule has 1 aromatic rings. The molecule has 88 valence electrons. The first-order chi connectivity index (χ1) is 8.06. The van der Waals surface area contributed by atoms with E-state index in [0.29, 0.717) is 18.5 Å². The van der Waals surface area contributed by atoms with Gasteiger partial charge in [-0.25, -0.2) is 4.39 Å². The first-order valence-corrected chi connectivity index (χ1v) is 5.33. The number of halogens is 1. The van der Waals surface area contributed by atoms with Gasteiger partial charge in [0, 0.05) is 12.6 Å². The normalized spacial score (nSPS) is 11.9. The largest absolute Gasteiger partial charge is 0.298 e. The van der Waals surface area contributed by atoms with Crippen molar-refractivity contribution < 1.29 is 4.39 Å². The van der Waals surface area contributed by atoms with Crippen molar-refractivity contribution in [2.75, 3.05) is 7.05 Å². The van der Waals surface area contributed by atoms with Crippen LogP contribution < -0.4 is 0 Å². The highest BCUT2D eigenvalue weighted by Gasteiger charge is 2.10. The summed E-state index contributed by atoms with van der Waals surface area (Å²) >= 11 is 0. The molecule has 0 aliphatic carbocycles. The lowest BCUT2D eigenvalue weighted by Gasteiger charge is -2.22. The first-order valence-electron chi connectivity index (χ1n) is 5.33. The van der Waals surface area contributed by atoms with Crippen LogP contribution in [0.15, 0.2) is 18.2 Å². The molecule has 1 rings (SSSR count). The van der Waals surface area contributed by atoms with E-state index in [1.54, 1.807) is 6.07 Å². The topological polar surface area (TPSA) is 50.8 Å². The van der Waals surface area contributed by atoms with Crippen LogP contribution in [-0.4, -0.2) is 18.0 Å². The Hall–Kier alpha value is -1.91. The van der Waals surface area contributed by atoms with Crippen LogP contribution in [0.1, 0.15) is 24.5 Å². The van der Waals surface area contributed by atoms with Crippen molar-refractivity contribution in [3.05, 3.63) is 35.1 Å². The molecule has 0 amide bonds. The quantitative estimate of drug-likeness (QED) is 0.799. The minimum absolute atomic E-state index is 0.105. The van der Waals surface area contributed by atoms with Gasteiger partial charge >= 0.3 is 0 Å². The predicted octanol–water partition coefficient (Wildman–Crippen LogP) is 2.43. The molecule has 0 fully saturated rings. The van der Waals surface area contributed by atoms with Crippen LogP contribution >= 0.6 is 0 Å². The number of hydrogen-bond acceptors (Lipinski definition) is 3. The van der Waals surface area contributed by atoms with Gasteiger partial charge in [0.2, 0.25) is 0 Å². The zero-order valence-electron chi connectivity index (χ0n) is 9.94. The number of nitriles is 2. The SMILES string of the molecule is CC(CC#N)N(C)Cc1cc(F)cc(C#N)c1. The average Bonchev–Trinajstić information content (AvgIpc) is 2.28. The molecule has 0 spiro atoms. The third kappa shape index (κ3) is 3.86. The van der Waals surface area contributed by atoms with E-state index in [9.17, 15) is 4.39 Å². The lowest BCUT2D eigenvalue weighted by atomic mass is 10.1. The Balaban J connectivity index is 2.79. The molecule has 1 unspecified atom stereocenters. The molecule has 0 bridgehead atoms. The minimum Gasteiger partial charge on any atom is -0.298 e. The molecule has 0 N–H and O–H groups in total.